The number of urea groups is 1. The Balaban J connectivity index is 1.33. The standard InChI is InChI=1S/C84H132N10O17S/c1-20-54(6)73(68(107-18)49-71(100)94-39-25-29-65(94)74(108-19)56(8)66(96)47-60(78-87-38-43-112-78)45-57-26-22-21-23-27-57)93(17)79(104)63(52(2)3)48-69(98)84(15,16)92-81(106)111-50-58-30-32-62(33-31-58)89-76(102)59(28-24-36-88-80(85)105)46-67(97)72(53(4)5)90-77(103)61(44-55(7)95)51-110-42-41-109-40-37-86-70(99)35-34-64(91-83(12,13)14)75(101)82(9,10)11/h21-23,26-27,30-33,38,43,52-54,56,59-61,63-65,68,72-74,91H,20,24-25,28-29,34-37,39-42,44-51H2,1-19H3,(H,86,99)(H,89,102)(H,90,103)(H,92,106)(H3,85,88,105)/t54-,56-,59+,60+,61-,63-,64+,65-,68+,72-,73-,74+/m0/s1. The van der Waals surface area contributed by atoms with E-state index in [1.165, 1.54) is 39.2 Å². The van der Waals surface area contributed by atoms with E-state index in [4.69, 9.17) is 29.4 Å². The summed E-state index contributed by atoms with van der Waals surface area (Å²) in [6.07, 6.45) is 2.60. The van der Waals surface area contributed by atoms with Crippen molar-refractivity contribution in [3.05, 3.63) is 82.3 Å². The number of methoxy groups -OCH3 is 2. The van der Waals surface area contributed by atoms with Gasteiger partial charge < -0.3 is 75.9 Å². The van der Waals surface area contributed by atoms with Gasteiger partial charge in [-0.05, 0) is 121 Å². The number of amides is 8. The molecule has 1 aromatic heterocycles. The van der Waals surface area contributed by atoms with Crippen molar-refractivity contribution in [2.45, 2.75) is 254 Å². The highest BCUT2D eigenvalue weighted by Gasteiger charge is 2.45. The lowest BCUT2D eigenvalue weighted by atomic mass is 9.83. The number of anilines is 1. The molecule has 2 aromatic carbocycles. The zero-order chi connectivity index (χ0) is 83.8. The number of ketones is 5. The molecular weight excluding hydrogens is 1450 g/mol. The number of alkyl carbamates (subject to hydrolysis) is 1. The lowest BCUT2D eigenvalue weighted by Crippen LogP contribution is -2.55. The predicted octanol–water partition coefficient (Wildman–Crippen LogP) is 10.3. The van der Waals surface area contributed by atoms with Crippen LogP contribution in [0.5, 0.6) is 0 Å². The van der Waals surface area contributed by atoms with Crippen molar-refractivity contribution in [2.75, 3.05) is 72.6 Å². The Morgan fingerprint density at radius 2 is 1.40 bits per heavy atom. The summed E-state index contributed by atoms with van der Waals surface area (Å²) in [5, 5.41) is 19.8. The van der Waals surface area contributed by atoms with Gasteiger partial charge in [-0.3, -0.25) is 43.2 Å². The molecule has 0 unspecified atom stereocenters. The van der Waals surface area contributed by atoms with Gasteiger partial charge in [-0.1, -0.05) is 118 Å². The molecule has 0 radical (unpaired) electrons. The van der Waals surface area contributed by atoms with Crippen LogP contribution in [0.3, 0.4) is 0 Å². The molecule has 8 amide bonds. The minimum Gasteiger partial charge on any atom is -0.445 e. The maximum Gasteiger partial charge on any atom is 0.408 e. The number of thiazole rings is 1. The largest absolute Gasteiger partial charge is 0.445 e. The summed E-state index contributed by atoms with van der Waals surface area (Å²) < 4.78 is 29.3. The molecule has 2 heterocycles. The van der Waals surface area contributed by atoms with Crippen LogP contribution in [0, 0.1) is 46.8 Å². The van der Waals surface area contributed by atoms with Crippen molar-refractivity contribution in [2.24, 2.45) is 52.6 Å². The first kappa shape index (κ1) is 96.5. The Morgan fingerprint density at radius 3 is 1.98 bits per heavy atom. The molecule has 1 aliphatic heterocycles. The van der Waals surface area contributed by atoms with Gasteiger partial charge in [0.05, 0.1) is 85.7 Å². The first-order valence-corrected chi connectivity index (χ1v) is 40.6. The third kappa shape index (κ3) is 32.5. The van der Waals surface area contributed by atoms with Crippen LogP contribution >= 0.6 is 11.3 Å². The van der Waals surface area contributed by atoms with Gasteiger partial charge in [0.1, 0.15) is 18.2 Å². The number of aromatic nitrogens is 1. The molecule has 1 saturated heterocycles. The highest BCUT2D eigenvalue weighted by molar-refractivity contribution is 7.09. The fraction of sp³-hybridized carbons (Fsp3) is 0.679. The summed E-state index contributed by atoms with van der Waals surface area (Å²) >= 11 is 1.53. The lowest BCUT2D eigenvalue weighted by Gasteiger charge is -2.41. The van der Waals surface area contributed by atoms with E-state index < -0.39 is 106 Å². The highest BCUT2D eigenvalue weighted by atomic mass is 32.1. The average molecular weight is 1590 g/mol. The molecule has 626 valence electrons. The van der Waals surface area contributed by atoms with Crippen molar-refractivity contribution >= 4 is 87.6 Å². The Hall–Kier alpha value is -7.89. The first-order valence-electron chi connectivity index (χ1n) is 39.7. The van der Waals surface area contributed by atoms with E-state index in [0.717, 1.165) is 17.0 Å². The van der Waals surface area contributed by atoms with Crippen LogP contribution in [-0.4, -0.2) is 200 Å². The molecule has 0 saturated carbocycles. The first-order chi connectivity index (χ1) is 52.6. The number of likely N-dealkylation sites (tertiary alicyclic amines) is 1. The van der Waals surface area contributed by atoms with E-state index in [-0.39, 0.29) is 162 Å². The summed E-state index contributed by atoms with van der Waals surface area (Å²) in [7, 11) is 4.79. The molecule has 8 N–H and O–H groups in total. The van der Waals surface area contributed by atoms with Crippen molar-refractivity contribution in [1.82, 2.24) is 41.4 Å². The molecule has 1 fully saturated rings. The van der Waals surface area contributed by atoms with E-state index in [9.17, 15) is 57.5 Å². The highest BCUT2D eigenvalue weighted by Crippen LogP contribution is 2.35. The van der Waals surface area contributed by atoms with Gasteiger partial charge in [0.25, 0.3) is 0 Å². The number of ether oxygens (including phenoxy) is 5. The van der Waals surface area contributed by atoms with Crippen molar-refractivity contribution < 1.29 is 81.2 Å². The van der Waals surface area contributed by atoms with Gasteiger partial charge in [0, 0.05) is 125 Å². The van der Waals surface area contributed by atoms with Gasteiger partial charge >= 0.3 is 12.1 Å². The zero-order valence-corrected chi connectivity index (χ0v) is 70.9. The maximum absolute atomic E-state index is 14.9. The van der Waals surface area contributed by atoms with Crippen molar-refractivity contribution in [3.63, 3.8) is 0 Å². The smallest absolute Gasteiger partial charge is 0.408 e. The van der Waals surface area contributed by atoms with E-state index in [2.05, 4.69) is 49.0 Å². The zero-order valence-electron chi connectivity index (χ0n) is 70.1. The molecular formula is C84H132N10O17S. The third-order valence-corrected chi connectivity index (χ3v) is 21.7. The summed E-state index contributed by atoms with van der Waals surface area (Å²) in [5.74, 6) is -7.23. The van der Waals surface area contributed by atoms with Crippen LogP contribution in [-0.2, 0) is 84.7 Å². The topological polar surface area (TPSA) is 369 Å². The van der Waals surface area contributed by atoms with E-state index in [1.54, 1.807) is 63.4 Å². The molecule has 4 rings (SSSR count). The Kier molecular flexibility index (Phi) is 40.6. The predicted molar refractivity (Wildman–Crippen MR) is 432 cm³/mol. The van der Waals surface area contributed by atoms with E-state index in [0.29, 0.717) is 43.5 Å². The molecule has 28 heteroatoms. The number of primary amides is 1. The summed E-state index contributed by atoms with van der Waals surface area (Å²) in [4.78, 5) is 171. The monoisotopic (exact) mass is 1580 g/mol. The van der Waals surface area contributed by atoms with Gasteiger partial charge in [-0.15, -0.1) is 11.3 Å². The molecule has 0 aliphatic carbocycles. The van der Waals surface area contributed by atoms with Crippen LogP contribution in [0.2, 0.25) is 0 Å². The number of hydrogen-bond acceptors (Lipinski definition) is 20. The average Bonchev–Trinajstić information content (AvgIpc) is 1.45. The van der Waals surface area contributed by atoms with Crippen molar-refractivity contribution in [1.29, 1.82) is 0 Å². The molecule has 0 spiro atoms. The minimum atomic E-state index is -1.49. The van der Waals surface area contributed by atoms with Crippen LogP contribution < -0.4 is 37.6 Å². The third-order valence-electron chi connectivity index (χ3n) is 20.8. The Bertz CT molecular complexity index is 3510. The molecule has 1 aliphatic rings. The SMILES string of the molecule is CC[C@H](C)[C@@H]([C@@H](CC(=O)N1CCC[C@H]1[C@H](OC)[C@@H](C)C(=O)C[C@@H](Cc1ccccc1)c1nccs1)OC)N(C)C(=O)[C@@H](CC(=O)C(C)(C)NC(=O)OCc1ccc(NC(=O)[C@H](CCCNC(N)=O)CC(=O)[C@@H](NC(=O)[C@H](COCCOCCNC(=O)CC[C@@H](NC(C)(C)C)C(=O)C(C)(C)C)CC(C)=O)C(C)C)cc1)C(C)C. The van der Waals surface area contributed by atoms with Gasteiger partial charge in [-0.25, -0.2) is 14.6 Å². The quantitative estimate of drug-likeness (QED) is 0.0258. The second kappa shape index (κ2) is 47.1. The molecule has 3 aromatic rings. The number of hydrogen-bond donors (Lipinski definition) is 7. The number of benzene rings is 2. The second-order valence-corrected chi connectivity index (χ2v) is 34.2. The number of likely N-dealkylation sites (N-methyl/N-ethyl adjacent to an activating group) is 1. The second-order valence-electron chi connectivity index (χ2n) is 33.3. The minimum absolute atomic E-state index is 0.0274. The lowest BCUT2D eigenvalue weighted by molar-refractivity contribution is -0.149. The Morgan fingerprint density at radius 1 is 0.732 bits per heavy atom. The van der Waals surface area contributed by atoms with Crippen LogP contribution in [0.15, 0.2) is 66.2 Å². The fourth-order valence-electron chi connectivity index (χ4n) is 14.2. The Labute approximate surface area is 668 Å². The molecule has 0 bridgehead atoms. The van der Waals surface area contributed by atoms with Crippen LogP contribution in [0.25, 0.3) is 0 Å². The fourth-order valence-corrected chi connectivity index (χ4v) is 15.0. The van der Waals surface area contributed by atoms with Crippen LogP contribution in [0.4, 0.5) is 15.3 Å². The molecule has 12 atom stereocenters. The number of rotatable bonds is 51. The number of carbonyl (C=O) groups excluding carboxylic acids is 12. The van der Waals surface area contributed by atoms with Crippen LogP contribution in [0.1, 0.15) is 210 Å². The number of carbonyl (C=O) groups is 12. The number of nitrogens with zero attached hydrogens (tertiary/aromatic N) is 3. The summed E-state index contributed by atoms with van der Waals surface area (Å²) in [6, 6.07) is 13.2. The maximum atomic E-state index is 14.9. The van der Waals surface area contributed by atoms with E-state index >= 15 is 0 Å². The summed E-state index contributed by atoms with van der Waals surface area (Å²) in [6.45, 7) is 29.7. The number of nitrogens with two attached hydrogens (primary N) is 1. The molecule has 112 heavy (non-hydrogen) atoms. The van der Waals surface area contributed by atoms with Gasteiger partial charge in [0.15, 0.2) is 17.3 Å². The van der Waals surface area contributed by atoms with Crippen molar-refractivity contribution in [3.8, 4) is 0 Å². The normalized spacial score (nSPS) is 16.3. The number of Topliss-reactive ketones (excluding diaryl/α,β-unsaturated/α-hetero) is 5. The summed E-state index contributed by atoms with van der Waals surface area (Å²) in [5.41, 5.74) is 4.88. The van der Waals surface area contributed by atoms with E-state index in [1.807, 2.05) is 105 Å². The number of nitrogens with one attached hydrogen (secondary N) is 6. The van der Waals surface area contributed by atoms with Gasteiger partial charge in [-0.2, -0.15) is 0 Å². The molecule has 27 nitrogen and oxygen atoms in total. The van der Waals surface area contributed by atoms with Gasteiger partial charge in [0.2, 0.25) is 29.5 Å².